The van der Waals surface area contributed by atoms with Crippen LogP contribution in [0.3, 0.4) is 0 Å². The summed E-state index contributed by atoms with van der Waals surface area (Å²) in [6.45, 7) is 2.32. The zero-order valence-electron chi connectivity index (χ0n) is 16.4. The van der Waals surface area contributed by atoms with Crippen molar-refractivity contribution in [2.45, 2.75) is 36.3 Å². The van der Waals surface area contributed by atoms with Gasteiger partial charge >= 0.3 is 0 Å². The first-order chi connectivity index (χ1) is 13.9. The standard InChI is InChI=1S/C24H25NO3S/c1-19-14-16-22(17-15-19)29(27,28)25-18-8-13-23(25)24(26,20-9-4-2-5-10-20)21-11-6-3-7-12-21/h2-7,9-12,14-17,23,26H,8,13,18H2,1H3. The van der Waals surface area contributed by atoms with Crippen LogP contribution in [-0.4, -0.2) is 30.4 Å². The number of hydrogen-bond acceptors (Lipinski definition) is 3. The highest BCUT2D eigenvalue weighted by atomic mass is 32.2. The summed E-state index contributed by atoms with van der Waals surface area (Å²) in [7, 11) is -3.73. The van der Waals surface area contributed by atoms with Crippen LogP contribution in [0.2, 0.25) is 0 Å². The van der Waals surface area contributed by atoms with Gasteiger partial charge < -0.3 is 5.11 Å². The van der Waals surface area contributed by atoms with Crippen molar-refractivity contribution in [3.63, 3.8) is 0 Å². The Hall–Kier alpha value is -2.47. The molecular weight excluding hydrogens is 382 g/mol. The van der Waals surface area contributed by atoms with Gasteiger partial charge in [-0.3, -0.25) is 0 Å². The Morgan fingerprint density at radius 2 is 1.38 bits per heavy atom. The molecule has 0 saturated carbocycles. The third-order valence-corrected chi connectivity index (χ3v) is 7.66. The van der Waals surface area contributed by atoms with Crippen LogP contribution in [0.15, 0.2) is 89.8 Å². The third-order valence-electron chi connectivity index (χ3n) is 5.74. The quantitative estimate of drug-likeness (QED) is 0.693. The molecule has 150 valence electrons. The molecule has 1 atom stereocenters. The van der Waals surface area contributed by atoms with E-state index in [4.69, 9.17) is 0 Å². The second-order valence-corrected chi connectivity index (χ2v) is 9.48. The molecule has 1 unspecified atom stereocenters. The lowest BCUT2D eigenvalue weighted by atomic mass is 9.79. The van der Waals surface area contributed by atoms with E-state index < -0.39 is 21.7 Å². The lowest BCUT2D eigenvalue weighted by molar-refractivity contribution is 0.0204. The van der Waals surface area contributed by atoms with E-state index in [9.17, 15) is 13.5 Å². The monoisotopic (exact) mass is 407 g/mol. The second-order valence-electron chi connectivity index (χ2n) is 7.59. The molecule has 0 amide bonds. The number of aliphatic hydroxyl groups is 1. The maximum atomic E-state index is 13.5. The molecule has 1 heterocycles. The summed E-state index contributed by atoms with van der Waals surface area (Å²) in [5, 5.41) is 12.1. The summed E-state index contributed by atoms with van der Waals surface area (Å²) in [5.41, 5.74) is 0.966. The number of sulfonamides is 1. The summed E-state index contributed by atoms with van der Waals surface area (Å²) in [6.07, 6.45) is 1.29. The van der Waals surface area contributed by atoms with Crippen molar-refractivity contribution in [2.24, 2.45) is 0 Å². The van der Waals surface area contributed by atoms with Crippen LogP contribution >= 0.6 is 0 Å². The van der Waals surface area contributed by atoms with E-state index in [1.165, 1.54) is 4.31 Å². The van der Waals surface area contributed by atoms with E-state index in [2.05, 4.69) is 0 Å². The Bertz CT molecular complexity index is 1020. The highest BCUT2D eigenvalue weighted by molar-refractivity contribution is 7.89. The number of benzene rings is 3. The van der Waals surface area contributed by atoms with Gasteiger partial charge in [0, 0.05) is 6.54 Å². The first-order valence-corrected chi connectivity index (χ1v) is 11.3. The normalized spacial score (nSPS) is 18.1. The molecule has 29 heavy (non-hydrogen) atoms. The van der Waals surface area contributed by atoms with Crippen LogP contribution in [0.4, 0.5) is 0 Å². The minimum Gasteiger partial charge on any atom is -0.379 e. The molecule has 0 bridgehead atoms. The molecule has 0 aromatic heterocycles. The first kappa shape index (κ1) is 19.8. The van der Waals surface area contributed by atoms with E-state index in [0.717, 1.165) is 5.56 Å². The molecule has 4 nitrogen and oxygen atoms in total. The number of aryl methyl sites for hydroxylation is 1. The van der Waals surface area contributed by atoms with Gasteiger partial charge in [0.15, 0.2) is 0 Å². The van der Waals surface area contributed by atoms with Crippen molar-refractivity contribution in [3.8, 4) is 0 Å². The predicted octanol–water partition coefficient (Wildman–Crippen LogP) is 4.08. The number of hydrogen-bond donors (Lipinski definition) is 1. The molecule has 0 aliphatic carbocycles. The van der Waals surface area contributed by atoms with Gasteiger partial charge in [0.25, 0.3) is 0 Å². The zero-order chi connectivity index (χ0) is 20.5. The SMILES string of the molecule is Cc1ccc(S(=O)(=O)N2CCCC2C(O)(c2ccccc2)c2ccccc2)cc1. The maximum absolute atomic E-state index is 13.5. The molecule has 1 N–H and O–H groups in total. The molecule has 0 spiro atoms. The molecule has 4 rings (SSSR count). The van der Waals surface area contributed by atoms with Crippen molar-refractivity contribution in [1.29, 1.82) is 0 Å². The number of rotatable bonds is 5. The molecule has 1 fully saturated rings. The predicted molar refractivity (Wildman–Crippen MR) is 114 cm³/mol. The maximum Gasteiger partial charge on any atom is 0.243 e. The van der Waals surface area contributed by atoms with E-state index in [1.807, 2.05) is 67.6 Å². The summed E-state index contributed by atoms with van der Waals surface area (Å²) in [4.78, 5) is 0.262. The van der Waals surface area contributed by atoms with Gasteiger partial charge in [-0.1, -0.05) is 78.4 Å². The Morgan fingerprint density at radius 3 is 1.90 bits per heavy atom. The van der Waals surface area contributed by atoms with Crippen LogP contribution in [-0.2, 0) is 15.6 Å². The fraction of sp³-hybridized carbons (Fsp3) is 0.250. The zero-order valence-corrected chi connectivity index (χ0v) is 17.2. The summed E-state index contributed by atoms with van der Waals surface area (Å²) >= 11 is 0. The van der Waals surface area contributed by atoms with Gasteiger partial charge in [0.1, 0.15) is 5.60 Å². The smallest absolute Gasteiger partial charge is 0.243 e. The Morgan fingerprint density at radius 1 is 0.862 bits per heavy atom. The van der Waals surface area contributed by atoms with Gasteiger partial charge in [-0.15, -0.1) is 0 Å². The summed E-state index contributed by atoms with van der Waals surface area (Å²) < 4.78 is 28.4. The van der Waals surface area contributed by atoms with Gasteiger partial charge in [-0.2, -0.15) is 4.31 Å². The van der Waals surface area contributed by atoms with Gasteiger partial charge in [0.2, 0.25) is 10.0 Å². The molecule has 3 aromatic carbocycles. The molecule has 1 aliphatic rings. The minimum atomic E-state index is -3.73. The van der Waals surface area contributed by atoms with Crippen LogP contribution < -0.4 is 0 Å². The molecule has 3 aromatic rings. The Labute approximate surface area is 172 Å². The van der Waals surface area contributed by atoms with E-state index >= 15 is 0 Å². The molecular formula is C24H25NO3S. The molecule has 0 radical (unpaired) electrons. The van der Waals surface area contributed by atoms with E-state index in [1.54, 1.807) is 24.3 Å². The third kappa shape index (κ3) is 3.50. The lowest BCUT2D eigenvalue weighted by Gasteiger charge is -2.39. The average molecular weight is 408 g/mol. The van der Waals surface area contributed by atoms with Crippen LogP contribution in [0.1, 0.15) is 29.5 Å². The highest BCUT2D eigenvalue weighted by Crippen LogP contribution is 2.42. The highest BCUT2D eigenvalue weighted by Gasteiger charge is 2.49. The van der Waals surface area contributed by atoms with E-state index in [0.29, 0.717) is 30.5 Å². The largest absolute Gasteiger partial charge is 0.379 e. The van der Waals surface area contributed by atoms with Crippen molar-refractivity contribution < 1.29 is 13.5 Å². The van der Waals surface area contributed by atoms with Crippen LogP contribution in [0.25, 0.3) is 0 Å². The molecule has 5 heteroatoms. The second kappa shape index (κ2) is 7.75. The van der Waals surface area contributed by atoms with Crippen LogP contribution in [0.5, 0.6) is 0 Å². The summed E-state index contributed by atoms with van der Waals surface area (Å²) in [6, 6.07) is 25.0. The van der Waals surface area contributed by atoms with Crippen molar-refractivity contribution in [3.05, 3.63) is 102 Å². The molecule has 1 aliphatic heterocycles. The van der Waals surface area contributed by atoms with Crippen molar-refractivity contribution in [2.75, 3.05) is 6.54 Å². The van der Waals surface area contributed by atoms with Crippen molar-refractivity contribution >= 4 is 10.0 Å². The average Bonchev–Trinajstić information content (AvgIpc) is 3.26. The van der Waals surface area contributed by atoms with E-state index in [-0.39, 0.29) is 4.90 Å². The van der Waals surface area contributed by atoms with Crippen LogP contribution in [0, 0.1) is 6.92 Å². The minimum absolute atomic E-state index is 0.262. The topological polar surface area (TPSA) is 57.6 Å². The van der Waals surface area contributed by atoms with Gasteiger partial charge in [-0.25, -0.2) is 8.42 Å². The van der Waals surface area contributed by atoms with Crippen molar-refractivity contribution in [1.82, 2.24) is 4.31 Å². The Kier molecular flexibility index (Phi) is 5.30. The van der Waals surface area contributed by atoms with Gasteiger partial charge in [-0.05, 0) is 43.0 Å². The lowest BCUT2D eigenvalue weighted by Crippen LogP contribution is -2.50. The fourth-order valence-corrected chi connectivity index (χ4v) is 5.94. The first-order valence-electron chi connectivity index (χ1n) is 9.86. The fourth-order valence-electron chi connectivity index (χ4n) is 4.23. The Balaban J connectivity index is 1.83. The van der Waals surface area contributed by atoms with Gasteiger partial charge in [0.05, 0.1) is 10.9 Å². The number of nitrogens with zero attached hydrogens (tertiary/aromatic N) is 1. The summed E-state index contributed by atoms with van der Waals surface area (Å²) in [5.74, 6) is 0. The molecule has 1 saturated heterocycles.